The zero-order valence-corrected chi connectivity index (χ0v) is 12.3. The average molecular weight is 286 g/mol. The summed E-state index contributed by atoms with van der Waals surface area (Å²) in [6.45, 7) is 7.00. The molecule has 3 rings (SSSR count). The molecule has 2 aromatic rings. The number of benzene rings is 1. The van der Waals surface area contributed by atoms with Crippen LogP contribution < -0.4 is 10.2 Å². The van der Waals surface area contributed by atoms with Crippen molar-refractivity contribution in [1.29, 1.82) is 0 Å². The second-order valence-electron chi connectivity index (χ2n) is 5.55. The van der Waals surface area contributed by atoms with Crippen LogP contribution in [0.1, 0.15) is 12.5 Å². The number of nitrogens with zero attached hydrogens (tertiary/aromatic N) is 3. The van der Waals surface area contributed by atoms with Crippen LogP contribution in [0.5, 0.6) is 0 Å². The molecule has 0 spiro atoms. The molecule has 1 atom stereocenters. The molecule has 1 fully saturated rings. The molecule has 0 aliphatic carbocycles. The Bertz CT molecular complexity index is 644. The summed E-state index contributed by atoms with van der Waals surface area (Å²) in [5.74, 6) is 0.662. The lowest BCUT2D eigenvalue weighted by Crippen LogP contribution is -2.49. The van der Waals surface area contributed by atoms with Crippen molar-refractivity contribution in [2.45, 2.75) is 19.9 Å². The predicted molar refractivity (Wildman–Crippen MR) is 81.8 cm³/mol. The van der Waals surface area contributed by atoms with E-state index in [9.17, 15) is 4.39 Å². The lowest BCUT2D eigenvalue weighted by atomic mass is 10.1. The quantitative estimate of drug-likeness (QED) is 0.920. The maximum atomic E-state index is 13.3. The van der Waals surface area contributed by atoms with E-state index in [0.29, 0.717) is 11.7 Å². The Kier molecular flexibility index (Phi) is 3.84. The van der Waals surface area contributed by atoms with Crippen molar-refractivity contribution in [3.63, 3.8) is 0 Å². The van der Waals surface area contributed by atoms with Crippen LogP contribution in [0, 0.1) is 12.7 Å². The van der Waals surface area contributed by atoms with E-state index in [-0.39, 0.29) is 5.82 Å². The van der Waals surface area contributed by atoms with E-state index in [1.54, 1.807) is 6.07 Å². The molecule has 0 saturated carbocycles. The SMILES string of the molecule is Cc1cc(-c2cccc(F)c2)nnc1N1CCN[C@@H](C)C1. The summed E-state index contributed by atoms with van der Waals surface area (Å²) in [6, 6.07) is 8.87. The Morgan fingerprint density at radius 3 is 2.86 bits per heavy atom. The Labute approximate surface area is 124 Å². The molecule has 0 amide bonds. The number of anilines is 1. The molecule has 0 bridgehead atoms. The number of hydrogen-bond acceptors (Lipinski definition) is 4. The van der Waals surface area contributed by atoms with Crippen molar-refractivity contribution in [3.8, 4) is 11.3 Å². The van der Waals surface area contributed by atoms with Gasteiger partial charge in [0, 0.05) is 31.2 Å². The molecular formula is C16H19FN4. The van der Waals surface area contributed by atoms with Crippen molar-refractivity contribution in [2.75, 3.05) is 24.5 Å². The average Bonchev–Trinajstić information content (AvgIpc) is 2.47. The molecule has 0 radical (unpaired) electrons. The number of aryl methyl sites for hydroxylation is 1. The molecular weight excluding hydrogens is 267 g/mol. The maximum absolute atomic E-state index is 13.3. The van der Waals surface area contributed by atoms with E-state index in [1.807, 2.05) is 19.1 Å². The van der Waals surface area contributed by atoms with Crippen molar-refractivity contribution in [3.05, 3.63) is 41.7 Å². The molecule has 4 nitrogen and oxygen atoms in total. The molecule has 2 heterocycles. The lowest BCUT2D eigenvalue weighted by molar-refractivity contribution is 0.481. The fraction of sp³-hybridized carbons (Fsp3) is 0.375. The number of halogens is 1. The third-order valence-corrected chi connectivity index (χ3v) is 3.75. The first-order valence-electron chi connectivity index (χ1n) is 7.22. The summed E-state index contributed by atoms with van der Waals surface area (Å²) in [5, 5.41) is 12.1. The Morgan fingerprint density at radius 2 is 2.14 bits per heavy atom. The first kappa shape index (κ1) is 13.9. The molecule has 1 saturated heterocycles. The molecule has 1 aliphatic heterocycles. The second kappa shape index (κ2) is 5.77. The highest BCUT2D eigenvalue weighted by Gasteiger charge is 2.19. The van der Waals surface area contributed by atoms with Gasteiger partial charge in [-0.2, -0.15) is 0 Å². The minimum Gasteiger partial charge on any atom is -0.352 e. The second-order valence-corrected chi connectivity index (χ2v) is 5.55. The van der Waals surface area contributed by atoms with Gasteiger partial charge in [-0.1, -0.05) is 12.1 Å². The van der Waals surface area contributed by atoms with Gasteiger partial charge in [-0.25, -0.2) is 4.39 Å². The first-order valence-corrected chi connectivity index (χ1v) is 7.22. The first-order chi connectivity index (χ1) is 10.1. The van der Waals surface area contributed by atoms with E-state index in [1.165, 1.54) is 12.1 Å². The molecule has 1 aromatic carbocycles. The van der Waals surface area contributed by atoms with Gasteiger partial charge in [-0.3, -0.25) is 0 Å². The molecule has 5 heteroatoms. The predicted octanol–water partition coefficient (Wildman–Crippen LogP) is 2.39. The summed E-state index contributed by atoms with van der Waals surface area (Å²) in [4.78, 5) is 2.25. The van der Waals surface area contributed by atoms with Crippen molar-refractivity contribution < 1.29 is 4.39 Å². The van der Waals surface area contributed by atoms with Gasteiger partial charge in [0.05, 0.1) is 5.69 Å². The number of hydrogen-bond donors (Lipinski definition) is 1. The largest absolute Gasteiger partial charge is 0.352 e. The summed E-state index contributed by atoms with van der Waals surface area (Å²) >= 11 is 0. The maximum Gasteiger partial charge on any atom is 0.154 e. The van der Waals surface area contributed by atoms with E-state index >= 15 is 0 Å². The van der Waals surface area contributed by atoms with Crippen LogP contribution in [-0.4, -0.2) is 35.9 Å². The van der Waals surface area contributed by atoms with Crippen LogP contribution in [-0.2, 0) is 0 Å². The highest BCUT2D eigenvalue weighted by Crippen LogP contribution is 2.23. The molecule has 21 heavy (non-hydrogen) atoms. The summed E-state index contributed by atoms with van der Waals surface area (Å²) in [5.41, 5.74) is 2.53. The van der Waals surface area contributed by atoms with Gasteiger partial charge in [-0.05, 0) is 37.6 Å². The summed E-state index contributed by atoms with van der Waals surface area (Å²) in [6.07, 6.45) is 0. The fourth-order valence-electron chi connectivity index (χ4n) is 2.70. The summed E-state index contributed by atoms with van der Waals surface area (Å²) in [7, 11) is 0. The molecule has 1 aromatic heterocycles. The third-order valence-electron chi connectivity index (χ3n) is 3.75. The van der Waals surface area contributed by atoms with E-state index in [0.717, 1.165) is 36.6 Å². The molecule has 110 valence electrons. The van der Waals surface area contributed by atoms with Crippen molar-refractivity contribution >= 4 is 5.82 Å². The summed E-state index contributed by atoms with van der Waals surface area (Å²) < 4.78 is 13.3. The standard InChI is InChI=1S/C16H19FN4/c1-11-8-15(13-4-3-5-14(17)9-13)19-20-16(11)21-7-6-18-12(2)10-21/h3-5,8-9,12,18H,6-7,10H2,1-2H3/t12-/m0/s1. The van der Waals surface area contributed by atoms with Crippen molar-refractivity contribution in [1.82, 2.24) is 15.5 Å². The van der Waals surface area contributed by atoms with Crippen LogP contribution in [0.4, 0.5) is 10.2 Å². The Morgan fingerprint density at radius 1 is 1.29 bits per heavy atom. The van der Waals surface area contributed by atoms with Gasteiger partial charge >= 0.3 is 0 Å². The van der Waals surface area contributed by atoms with Crippen LogP contribution in [0.25, 0.3) is 11.3 Å². The van der Waals surface area contributed by atoms with Gasteiger partial charge in [0.25, 0.3) is 0 Å². The van der Waals surface area contributed by atoms with Gasteiger partial charge < -0.3 is 10.2 Å². The number of piperazine rings is 1. The van der Waals surface area contributed by atoms with Gasteiger partial charge in [0.15, 0.2) is 5.82 Å². The normalized spacial score (nSPS) is 18.8. The minimum atomic E-state index is -0.257. The van der Waals surface area contributed by atoms with Gasteiger partial charge in [-0.15, -0.1) is 10.2 Å². The van der Waals surface area contributed by atoms with E-state index < -0.39 is 0 Å². The van der Waals surface area contributed by atoms with Gasteiger partial charge in [0.1, 0.15) is 5.82 Å². The number of aromatic nitrogens is 2. The lowest BCUT2D eigenvalue weighted by Gasteiger charge is -2.33. The zero-order chi connectivity index (χ0) is 14.8. The van der Waals surface area contributed by atoms with Crippen LogP contribution in [0.15, 0.2) is 30.3 Å². The minimum absolute atomic E-state index is 0.257. The van der Waals surface area contributed by atoms with Crippen LogP contribution >= 0.6 is 0 Å². The number of rotatable bonds is 2. The van der Waals surface area contributed by atoms with E-state index in [2.05, 4.69) is 27.3 Å². The van der Waals surface area contributed by atoms with Crippen LogP contribution in [0.2, 0.25) is 0 Å². The van der Waals surface area contributed by atoms with Crippen molar-refractivity contribution in [2.24, 2.45) is 0 Å². The highest BCUT2D eigenvalue weighted by molar-refractivity contribution is 5.62. The Balaban J connectivity index is 1.89. The zero-order valence-electron chi connectivity index (χ0n) is 12.3. The number of nitrogens with one attached hydrogen (secondary N) is 1. The smallest absolute Gasteiger partial charge is 0.154 e. The van der Waals surface area contributed by atoms with Crippen LogP contribution in [0.3, 0.4) is 0 Å². The highest BCUT2D eigenvalue weighted by atomic mass is 19.1. The molecule has 1 N–H and O–H groups in total. The van der Waals surface area contributed by atoms with E-state index in [4.69, 9.17) is 0 Å². The third kappa shape index (κ3) is 3.03. The van der Waals surface area contributed by atoms with Gasteiger partial charge in [0.2, 0.25) is 0 Å². The molecule has 1 aliphatic rings. The Hall–Kier alpha value is -2.01. The monoisotopic (exact) mass is 286 g/mol. The topological polar surface area (TPSA) is 41.1 Å². The fourth-order valence-corrected chi connectivity index (χ4v) is 2.70. The molecule has 0 unspecified atom stereocenters.